The monoisotopic (exact) mass is 449 g/mol. The van der Waals surface area contributed by atoms with E-state index in [1.807, 2.05) is 24.3 Å². The second-order valence-corrected chi connectivity index (χ2v) is 8.23. The number of hydrogen-bond acceptors (Lipinski definition) is 5. The average Bonchev–Trinajstić information content (AvgIpc) is 3.37. The van der Waals surface area contributed by atoms with Crippen molar-refractivity contribution in [2.75, 3.05) is 18.4 Å². The van der Waals surface area contributed by atoms with Crippen molar-refractivity contribution in [3.05, 3.63) is 72.2 Å². The van der Waals surface area contributed by atoms with Gasteiger partial charge in [-0.3, -0.25) is 19.8 Å². The fourth-order valence-electron chi connectivity index (χ4n) is 4.03. The number of fused-ring (bicyclic) bond motifs is 1. The van der Waals surface area contributed by atoms with Crippen molar-refractivity contribution in [1.29, 1.82) is 0 Å². The van der Waals surface area contributed by atoms with Gasteiger partial charge in [0.25, 0.3) is 11.8 Å². The molecule has 4 aromatic rings. The number of alkyl halides is 2. The molecule has 0 bridgehead atoms. The van der Waals surface area contributed by atoms with E-state index in [4.69, 9.17) is 0 Å². The van der Waals surface area contributed by atoms with E-state index >= 15 is 0 Å². The number of rotatable bonds is 5. The maximum Gasteiger partial charge on any atom is 0.276 e. The summed E-state index contributed by atoms with van der Waals surface area (Å²) in [6.45, 7) is 0.528. The molecular weight excluding hydrogens is 428 g/mol. The van der Waals surface area contributed by atoms with Crippen LogP contribution in [-0.2, 0) is 6.54 Å². The van der Waals surface area contributed by atoms with Crippen molar-refractivity contribution < 1.29 is 18.7 Å². The van der Waals surface area contributed by atoms with Crippen molar-refractivity contribution in [1.82, 2.24) is 20.1 Å². The molecule has 0 aliphatic carbocycles. The fourth-order valence-corrected chi connectivity index (χ4v) is 4.03. The number of amides is 1. The number of benzene rings is 2. The quantitative estimate of drug-likeness (QED) is 0.392. The summed E-state index contributed by atoms with van der Waals surface area (Å²) in [6, 6.07) is 13.7. The minimum atomic E-state index is -2.63. The summed E-state index contributed by atoms with van der Waals surface area (Å²) < 4.78 is 27.0. The number of pyridine rings is 1. The Kier molecular flexibility index (Phi) is 5.26. The lowest BCUT2D eigenvalue weighted by Crippen LogP contribution is -2.24. The molecule has 168 valence electrons. The number of carbonyl (C=O) groups excluding carboxylic acids is 1. The van der Waals surface area contributed by atoms with E-state index in [1.165, 1.54) is 12.1 Å². The van der Waals surface area contributed by atoms with Crippen molar-refractivity contribution in [2.24, 2.45) is 0 Å². The average molecular weight is 449 g/mol. The SMILES string of the molecule is O=C(Nc1ccc(O)cc1)c1n[nH]c2ccc(-c3cncc(CN4CCC(F)(F)C4)c3)cc12. The predicted molar refractivity (Wildman–Crippen MR) is 120 cm³/mol. The van der Waals surface area contributed by atoms with Gasteiger partial charge < -0.3 is 10.4 Å². The van der Waals surface area contributed by atoms with Crippen LogP contribution in [0.1, 0.15) is 22.5 Å². The first-order valence-corrected chi connectivity index (χ1v) is 10.5. The van der Waals surface area contributed by atoms with Crippen molar-refractivity contribution in [3.8, 4) is 16.9 Å². The number of carbonyl (C=O) groups is 1. The maximum atomic E-state index is 13.5. The van der Waals surface area contributed by atoms with Gasteiger partial charge in [0, 0.05) is 48.5 Å². The molecule has 5 rings (SSSR count). The van der Waals surface area contributed by atoms with Crippen LogP contribution in [-0.4, -0.2) is 50.1 Å². The molecule has 1 aliphatic heterocycles. The normalized spacial score (nSPS) is 15.7. The van der Waals surface area contributed by atoms with E-state index in [-0.39, 0.29) is 30.3 Å². The lowest BCUT2D eigenvalue weighted by atomic mass is 10.0. The zero-order valence-electron chi connectivity index (χ0n) is 17.6. The molecule has 1 saturated heterocycles. The molecule has 9 heteroatoms. The summed E-state index contributed by atoms with van der Waals surface area (Å²) in [7, 11) is 0. The highest BCUT2D eigenvalue weighted by atomic mass is 19.3. The minimum absolute atomic E-state index is 0.108. The molecule has 7 nitrogen and oxygen atoms in total. The summed E-state index contributed by atoms with van der Waals surface area (Å²) in [4.78, 5) is 18.8. The lowest BCUT2D eigenvalue weighted by molar-refractivity contribution is 0.0115. The second kappa shape index (κ2) is 8.25. The lowest BCUT2D eigenvalue weighted by Gasteiger charge is -2.15. The Labute approximate surface area is 188 Å². The molecule has 1 fully saturated rings. The molecule has 2 aromatic heterocycles. The van der Waals surface area contributed by atoms with Crippen LogP contribution in [0.15, 0.2) is 60.9 Å². The first-order chi connectivity index (χ1) is 15.9. The van der Waals surface area contributed by atoms with Gasteiger partial charge in [0.1, 0.15) is 5.75 Å². The number of anilines is 1. The van der Waals surface area contributed by atoms with E-state index < -0.39 is 5.92 Å². The van der Waals surface area contributed by atoms with Gasteiger partial charge >= 0.3 is 0 Å². The van der Waals surface area contributed by atoms with Crippen molar-refractivity contribution >= 4 is 22.5 Å². The highest BCUT2D eigenvalue weighted by Crippen LogP contribution is 2.29. The molecule has 2 aromatic carbocycles. The van der Waals surface area contributed by atoms with Crippen LogP contribution < -0.4 is 5.32 Å². The third kappa shape index (κ3) is 4.54. The summed E-state index contributed by atoms with van der Waals surface area (Å²) in [5.74, 6) is -2.91. The van der Waals surface area contributed by atoms with E-state index in [1.54, 1.807) is 29.4 Å². The maximum absolute atomic E-state index is 13.5. The summed E-state index contributed by atoms with van der Waals surface area (Å²) in [6.07, 6.45) is 3.28. The molecular formula is C24H21F2N5O2. The Balaban J connectivity index is 1.39. The molecule has 0 saturated carbocycles. The van der Waals surface area contributed by atoms with Crippen LogP contribution in [0.5, 0.6) is 5.75 Å². The van der Waals surface area contributed by atoms with Gasteiger partial charge in [-0.05, 0) is 53.6 Å². The van der Waals surface area contributed by atoms with Crippen LogP contribution in [0.25, 0.3) is 22.0 Å². The predicted octanol–water partition coefficient (Wildman–Crippen LogP) is 4.42. The molecule has 0 spiro atoms. The second-order valence-electron chi connectivity index (χ2n) is 8.23. The first kappa shape index (κ1) is 21.0. The first-order valence-electron chi connectivity index (χ1n) is 10.5. The summed E-state index contributed by atoms with van der Waals surface area (Å²) >= 11 is 0. The Bertz CT molecular complexity index is 1320. The summed E-state index contributed by atoms with van der Waals surface area (Å²) in [5, 5.41) is 19.8. The van der Waals surface area contributed by atoms with E-state index in [0.717, 1.165) is 16.7 Å². The van der Waals surface area contributed by atoms with Crippen LogP contribution in [0.3, 0.4) is 0 Å². The van der Waals surface area contributed by atoms with Gasteiger partial charge in [-0.1, -0.05) is 6.07 Å². The van der Waals surface area contributed by atoms with Crippen LogP contribution in [0.4, 0.5) is 14.5 Å². The Morgan fingerprint density at radius 1 is 1.12 bits per heavy atom. The van der Waals surface area contributed by atoms with Gasteiger partial charge in [0.05, 0.1) is 12.1 Å². The minimum Gasteiger partial charge on any atom is -0.508 e. The Morgan fingerprint density at radius 2 is 1.94 bits per heavy atom. The number of hydrogen-bond donors (Lipinski definition) is 3. The van der Waals surface area contributed by atoms with Gasteiger partial charge in [-0.15, -0.1) is 0 Å². The highest BCUT2D eigenvalue weighted by Gasteiger charge is 2.37. The number of phenols is 1. The van der Waals surface area contributed by atoms with E-state index in [0.29, 0.717) is 29.7 Å². The number of aromatic nitrogens is 3. The number of halogens is 2. The van der Waals surface area contributed by atoms with Crippen LogP contribution >= 0.6 is 0 Å². The number of H-pyrrole nitrogens is 1. The molecule has 3 N–H and O–H groups in total. The topological polar surface area (TPSA) is 94.1 Å². The Morgan fingerprint density at radius 3 is 2.70 bits per heavy atom. The van der Waals surface area contributed by atoms with Crippen molar-refractivity contribution in [3.63, 3.8) is 0 Å². The number of aromatic hydroxyl groups is 1. The third-order valence-electron chi connectivity index (χ3n) is 5.69. The van der Waals surface area contributed by atoms with Gasteiger partial charge in [-0.2, -0.15) is 5.10 Å². The molecule has 0 atom stereocenters. The number of nitrogens with one attached hydrogen (secondary N) is 2. The largest absolute Gasteiger partial charge is 0.508 e. The number of likely N-dealkylation sites (tertiary alicyclic amines) is 1. The Hall–Kier alpha value is -3.85. The molecule has 1 aliphatic rings. The van der Waals surface area contributed by atoms with E-state index in [2.05, 4.69) is 20.5 Å². The zero-order valence-corrected chi connectivity index (χ0v) is 17.6. The molecule has 0 unspecified atom stereocenters. The number of nitrogens with zero attached hydrogens (tertiary/aromatic N) is 3. The van der Waals surface area contributed by atoms with Crippen LogP contribution in [0.2, 0.25) is 0 Å². The van der Waals surface area contributed by atoms with Gasteiger partial charge in [-0.25, -0.2) is 8.78 Å². The van der Waals surface area contributed by atoms with Gasteiger partial charge in [0.2, 0.25) is 0 Å². The fraction of sp³-hybridized carbons (Fsp3) is 0.208. The highest BCUT2D eigenvalue weighted by molar-refractivity contribution is 6.11. The number of phenolic OH excluding ortho intramolecular Hbond substituents is 1. The summed E-state index contributed by atoms with van der Waals surface area (Å²) in [5.41, 5.74) is 3.99. The smallest absolute Gasteiger partial charge is 0.276 e. The van der Waals surface area contributed by atoms with E-state index in [9.17, 15) is 18.7 Å². The molecule has 0 radical (unpaired) electrons. The number of aromatic amines is 1. The third-order valence-corrected chi connectivity index (χ3v) is 5.69. The van der Waals surface area contributed by atoms with Gasteiger partial charge in [0.15, 0.2) is 5.69 Å². The van der Waals surface area contributed by atoms with Crippen molar-refractivity contribution in [2.45, 2.75) is 18.9 Å². The van der Waals surface area contributed by atoms with Crippen LogP contribution in [0, 0.1) is 0 Å². The zero-order chi connectivity index (χ0) is 23.0. The molecule has 3 heterocycles. The molecule has 1 amide bonds. The standard InChI is InChI=1S/C24H21F2N5O2/c25-24(26)7-8-31(14-24)13-15-9-17(12-27-11-15)16-1-6-21-20(10-16)22(30-29-21)23(33)28-18-2-4-19(32)5-3-18/h1-6,9-12,32H,7-8,13-14H2,(H,28,33)(H,29,30). The molecule has 33 heavy (non-hydrogen) atoms.